The zero-order chi connectivity index (χ0) is 14.4. The lowest BCUT2D eigenvalue weighted by molar-refractivity contribution is -0.131. The van der Waals surface area contributed by atoms with Gasteiger partial charge in [-0.3, -0.25) is 9.69 Å². The zero-order valence-corrected chi connectivity index (χ0v) is 12.3. The van der Waals surface area contributed by atoms with Gasteiger partial charge in [-0.1, -0.05) is 6.08 Å². The zero-order valence-electron chi connectivity index (χ0n) is 12.3. The second kappa shape index (κ2) is 7.41. The van der Waals surface area contributed by atoms with Gasteiger partial charge in [-0.25, -0.2) is 0 Å². The molecule has 0 saturated carbocycles. The maximum Gasteiger partial charge on any atom is 0.240 e. The van der Waals surface area contributed by atoms with Crippen LogP contribution in [0.4, 0.5) is 0 Å². The van der Waals surface area contributed by atoms with Gasteiger partial charge in [0.15, 0.2) is 0 Å². The Morgan fingerprint density at radius 1 is 1.60 bits per heavy atom. The van der Waals surface area contributed by atoms with Gasteiger partial charge < -0.3 is 10.2 Å². The molecule has 0 radical (unpaired) electrons. The minimum absolute atomic E-state index is 0.128. The van der Waals surface area contributed by atoms with Crippen molar-refractivity contribution in [3.63, 3.8) is 0 Å². The van der Waals surface area contributed by atoms with Gasteiger partial charge >= 0.3 is 0 Å². The lowest BCUT2D eigenvalue weighted by atomic mass is 10.0. The number of nitriles is 1. The van der Waals surface area contributed by atoms with Crippen LogP contribution in [0.25, 0.3) is 0 Å². The number of piperazine rings is 1. The van der Waals surface area contributed by atoms with Crippen LogP contribution in [0, 0.1) is 11.3 Å². The van der Waals surface area contributed by atoms with Crippen molar-refractivity contribution in [1.82, 2.24) is 15.1 Å². The molecule has 1 atom stereocenters. The highest BCUT2D eigenvalue weighted by Crippen LogP contribution is 2.21. The van der Waals surface area contributed by atoms with Crippen LogP contribution in [0.3, 0.4) is 0 Å². The summed E-state index contributed by atoms with van der Waals surface area (Å²) in [6.45, 7) is 5.35. The molecule has 1 aliphatic carbocycles. The third-order valence-electron chi connectivity index (χ3n) is 4.07. The van der Waals surface area contributed by atoms with Gasteiger partial charge in [-0.05, 0) is 32.6 Å². The first-order chi connectivity index (χ1) is 9.76. The van der Waals surface area contributed by atoms with Crippen molar-refractivity contribution in [1.29, 1.82) is 5.26 Å². The van der Waals surface area contributed by atoms with Crippen molar-refractivity contribution in [3.8, 4) is 6.07 Å². The number of likely N-dealkylation sites (N-methyl/N-ethyl adjacent to an activating group) is 1. The SMILES string of the molecule is CCN(C(=O)CN1CCNCC1C#N)C1=CCCCC1. The standard InChI is InChI=1S/C15H24N4O/c1-2-19(13-6-4-3-5-7-13)15(20)12-18-9-8-17-11-14(18)10-16/h6,14,17H,2-5,7-9,11-12H2,1H3. The molecule has 5 heteroatoms. The fourth-order valence-corrected chi connectivity index (χ4v) is 2.93. The van der Waals surface area contributed by atoms with Crippen molar-refractivity contribution in [2.24, 2.45) is 0 Å². The van der Waals surface area contributed by atoms with Gasteiger partial charge in [-0.15, -0.1) is 0 Å². The fourth-order valence-electron chi connectivity index (χ4n) is 2.93. The maximum atomic E-state index is 12.5. The Hall–Kier alpha value is -1.38. The van der Waals surface area contributed by atoms with Crippen LogP contribution in [-0.4, -0.2) is 54.5 Å². The first-order valence-electron chi connectivity index (χ1n) is 7.60. The molecule has 1 fully saturated rings. The molecule has 1 unspecified atom stereocenters. The summed E-state index contributed by atoms with van der Waals surface area (Å²) in [7, 11) is 0. The molecule has 0 aromatic carbocycles. The van der Waals surface area contributed by atoms with Crippen LogP contribution in [-0.2, 0) is 4.79 Å². The van der Waals surface area contributed by atoms with Crippen LogP contribution < -0.4 is 5.32 Å². The van der Waals surface area contributed by atoms with E-state index in [0.717, 1.165) is 25.9 Å². The normalized spacial score (nSPS) is 23.8. The smallest absolute Gasteiger partial charge is 0.240 e. The van der Waals surface area contributed by atoms with Crippen molar-refractivity contribution in [2.75, 3.05) is 32.7 Å². The van der Waals surface area contributed by atoms with E-state index in [1.165, 1.54) is 18.5 Å². The second-order valence-corrected chi connectivity index (χ2v) is 5.40. The number of carbonyl (C=O) groups is 1. The molecule has 1 heterocycles. The molecule has 2 rings (SSSR count). The Kier molecular flexibility index (Phi) is 5.57. The van der Waals surface area contributed by atoms with E-state index in [4.69, 9.17) is 5.26 Å². The van der Waals surface area contributed by atoms with Crippen molar-refractivity contribution >= 4 is 5.91 Å². The second-order valence-electron chi connectivity index (χ2n) is 5.40. The number of nitrogens with one attached hydrogen (secondary N) is 1. The van der Waals surface area contributed by atoms with E-state index in [1.807, 2.05) is 16.7 Å². The Morgan fingerprint density at radius 2 is 2.45 bits per heavy atom. The van der Waals surface area contributed by atoms with Crippen molar-refractivity contribution in [3.05, 3.63) is 11.8 Å². The number of allylic oxidation sites excluding steroid dienone is 2. The fraction of sp³-hybridized carbons (Fsp3) is 0.733. The average molecular weight is 276 g/mol. The lowest BCUT2D eigenvalue weighted by Gasteiger charge is -2.34. The summed E-state index contributed by atoms with van der Waals surface area (Å²) in [4.78, 5) is 16.4. The summed E-state index contributed by atoms with van der Waals surface area (Å²) >= 11 is 0. The average Bonchev–Trinajstić information content (AvgIpc) is 2.49. The molecule has 20 heavy (non-hydrogen) atoms. The van der Waals surface area contributed by atoms with Gasteiger partial charge in [0, 0.05) is 31.9 Å². The van der Waals surface area contributed by atoms with Gasteiger partial charge in [0.1, 0.15) is 6.04 Å². The van der Waals surface area contributed by atoms with E-state index in [9.17, 15) is 4.79 Å². The van der Waals surface area contributed by atoms with Crippen LogP contribution >= 0.6 is 0 Å². The van der Waals surface area contributed by atoms with E-state index in [2.05, 4.69) is 17.5 Å². The number of carbonyl (C=O) groups excluding carboxylic acids is 1. The van der Waals surface area contributed by atoms with E-state index in [-0.39, 0.29) is 11.9 Å². The monoisotopic (exact) mass is 276 g/mol. The molecule has 0 spiro atoms. The summed E-state index contributed by atoms with van der Waals surface area (Å²) in [5, 5.41) is 12.3. The molecular formula is C15H24N4O. The molecule has 0 bridgehead atoms. The Labute approximate surface area is 121 Å². The highest BCUT2D eigenvalue weighted by molar-refractivity contribution is 5.80. The third-order valence-corrected chi connectivity index (χ3v) is 4.07. The van der Waals surface area contributed by atoms with E-state index >= 15 is 0 Å². The number of nitrogens with zero attached hydrogens (tertiary/aromatic N) is 3. The number of rotatable bonds is 4. The molecule has 5 nitrogen and oxygen atoms in total. The third kappa shape index (κ3) is 3.59. The minimum atomic E-state index is -0.188. The lowest BCUT2D eigenvalue weighted by Crippen LogP contribution is -2.53. The van der Waals surface area contributed by atoms with Crippen LogP contribution in [0.2, 0.25) is 0 Å². The molecule has 1 amide bonds. The van der Waals surface area contributed by atoms with E-state index < -0.39 is 0 Å². The first-order valence-corrected chi connectivity index (χ1v) is 7.60. The van der Waals surface area contributed by atoms with E-state index in [0.29, 0.717) is 19.6 Å². The number of hydrogen-bond donors (Lipinski definition) is 1. The van der Waals surface area contributed by atoms with Gasteiger partial charge in [0.2, 0.25) is 5.91 Å². The summed E-state index contributed by atoms with van der Waals surface area (Å²) in [6.07, 6.45) is 6.68. The molecule has 110 valence electrons. The molecule has 1 saturated heterocycles. The Morgan fingerprint density at radius 3 is 3.10 bits per heavy atom. The highest BCUT2D eigenvalue weighted by atomic mass is 16.2. The van der Waals surface area contributed by atoms with E-state index in [1.54, 1.807) is 0 Å². The summed E-state index contributed by atoms with van der Waals surface area (Å²) in [6, 6.07) is 2.09. The summed E-state index contributed by atoms with van der Waals surface area (Å²) in [5.74, 6) is 0.128. The molecule has 1 N–H and O–H groups in total. The largest absolute Gasteiger partial charge is 0.316 e. The molecular weight excluding hydrogens is 252 g/mol. The molecule has 1 aliphatic heterocycles. The van der Waals surface area contributed by atoms with Gasteiger partial charge in [-0.2, -0.15) is 5.26 Å². The maximum absolute atomic E-state index is 12.5. The topological polar surface area (TPSA) is 59.4 Å². The summed E-state index contributed by atoms with van der Waals surface area (Å²) in [5.41, 5.74) is 1.17. The van der Waals surface area contributed by atoms with Crippen LogP contribution in [0.5, 0.6) is 0 Å². The number of amides is 1. The quantitative estimate of drug-likeness (QED) is 0.835. The molecule has 0 aromatic heterocycles. The van der Waals surface area contributed by atoms with Gasteiger partial charge in [0.25, 0.3) is 0 Å². The predicted molar refractivity (Wildman–Crippen MR) is 77.8 cm³/mol. The molecule has 0 aromatic rings. The Balaban J connectivity index is 1.98. The molecule has 2 aliphatic rings. The van der Waals surface area contributed by atoms with Gasteiger partial charge in [0.05, 0.1) is 12.6 Å². The minimum Gasteiger partial charge on any atom is -0.316 e. The highest BCUT2D eigenvalue weighted by Gasteiger charge is 2.26. The summed E-state index contributed by atoms with van der Waals surface area (Å²) < 4.78 is 0. The van der Waals surface area contributed by atoms with Crippen LogP contribution in [0.15, 0.2) is 11.8 Å². The predicted octanol–water partition coefficient (Wildman–Crippen LogP) is 1.09. The number of hydrogen-bond acceptors (Lipinski definition) is 4. The Bertz CT molecular complexity index is 413. The first kappa shape index (κ1) is 15.0. The van der Waals surface area contributed by atoms with Crippen molar-refractivity contribution in [2.45, 2.75) is 38.6 Å². The van der Waals surface area contributed by atoms with Crippen molar-refractivity contribution < 1.29 is 4.79 Å². The van der Waals surface area contributed by atoms with Crippen LogP contribution in [0.1, 0.15) is 32.6 Å².